The molecule has 2 aromatic carbocycles. The molecule has 1 heterocycles. The van der Waals surface area contributed by atoms with Crippen molar-refractivity contribution in [2.75, 3.05) is 12.4 Å². The lowest BCUT2D eigenvalue weighted by molar-refractivity contribution is -0.111. The van der Waals surface area contributed by atoms with Gasteiger partial charge in [-0.15, -0.1) is 11.3 Å². The van der Waals surface area contributed by atoms with Crippen molar-refractivity contribution >= 4 is 40.1 Å². The van der Waals surface area contributed by atoms with Crippen LogP contribution in [-0.4, -0.2) is 18.0 Å². The van der Waals surface area contributed by atoms with Gasteiger partial charge in [-0.1, -0.05) is 23.7 Å². The van der Waals surface area contributed by atoms with Gasteiger partial charge in [-0.3, -0.25) is 10.1 Å². The predicted molar refractivity (Wildman–Crippen MR) is 103 cm³/mol. The molecular weight excluding hydrogens is 356 g/mol. The Morgan fingerprint density at radius 2 is 2.04 bits per heavy atom. The number of amides is 1. The molecule has 0 fully saturated rings. The van der Waals surface area contributed by atoms with E-state index in [4.69, 9.17) is 16.3 Å². The van der Waals surface area contributed by atoms with Crippen LogP contribution in [0.1, 0.15) is 5.56 Å². The highest BCUT2D eigenvalue weighted by Crippen LogP contribution is 2.26. The molecule has 0 radical (unpaired) electrons. The number of ether oxygens (including phenoxy) is 1. The second-order valence-electron chi connectivity index (χ2n) is 5.14. The molecule has 3 aromatic rings. The maximum absolute atomic E-state index is 12.0. The quantitative estimate of drug-likeness (QED) is 0.634. The average Bonchev–Trinajstić information content (AvgIpc) is 3.08. The lowest BCUT2D eigenvalue weighted by Crippen LogP contribution is -2.07. The number of methoxy groups -OCH3 is 1. The topological polar surface area (TPSA) is 51.2 Å². The van der Waals surface area contributed by atoms with Gasteiger partial charge in [-0.25, -0.2) is 4.98 Å². The van der Waals surface area contributed by atoms with Gasteiger partial charge in [-0.2, -0.15) is 0 Å². The number of hydrogen-bond acceptors (Lipinski definition) is 4. The fraction of sp³-hybridized carbons (Fsp3) is 0.0526. The summed E-state index contributed by atoms with van der Waals surface area (Å²) in [6.45, 7) is 0. The van der Waals surface area contributed by atoms with E-state index in [1.165, 1.54) is 17.4 Å². The number of carbonyl (C=O) groups excluding carboxylic acids is 1. The second-order valence-corrected chi connectivity index (χ2v) is 6.44. The molecule has 1 N–H and O–H groups in total. The largest absolute Gasteiger partial charge is 0.497 e. The van der Waals surface area contributed by atoms with Crippen molar-refractivity contribution in [2.45, 2.75) is 0 Å². The minimum absolute atomic E-state index is 0.240. The Kier molecular flexibility index (Phi) is 5.48. The van der Waals surface area contributed by atoms with Crippen LogP contribution in [0.15, 0.2) is 60.0 Å². The van der Waals surface area contributed by atoms with E-state index in [0.717, 1.165) is 22.6 Å². The van der Waals surface area contributed by atoms with Gasteiger partial charge >= 0.3 is 0 Å². The number of halogens is 1. The van der Waals surface area contributed by atoms with Crippen LogP contribution in [0.5, 0.6) is 5.75 Å². The van der Waals surface area contributed by atoms with Gasteiger partial charge in [0, 0.05) is 22.0 Å². The van der Waals surface area contributed by atoms with E-state index in [1.54, 1.807) is 25.3 Å². The molecule has 6 heteroatoms. The van der Waals surface area contributed by atoms with Crippen molar-refractivity contribution in [3.8, 4) is 17.0 Å². The molecule has 1 aromatic heterocycles. The first-order chi connectivity index (χ1) is 12.1. The number of anilines is 1. The van der Waals surface area contributed by atoms with Crippen molar-refractivity contribution in [3.63, 3.8) is 0 Å². The fourth-order valence-corrected chi connectivity index (χ4v) is 3.08. The summed E-state index contributed by atoms with van der Waals surface area (Å²) >= 11 is 7.30. The minimum atomic E-state index is -0.240. The van der Waals surface area contributed by atoms with Crippen LogP contribution < -0.4 is 10.1 Å². The molecule has 1 amide bonds. The van der Waals surface area contributed by atoms with Crippen molar-refractivity contribution in [1.29, 1.82) is 0 Å². The van der Waals surface area contributed by atoms with Gasteiger partial charge in [0.15, 0.2) is 5.13 Å². The standard InChI is InChI=1S/C19H15ClN2O2S/c1-24-16-8-6-14(7-9-16)17-12-25-19(21-17)22-18(23)10-5-13-3-2-4-15(20)11-13/h2-12H,1H3,(H,21,22,23). The van der Waals surface area contributed by atoms with Gasteiger partial charge in [0.2, 0.25) is 5.91 Å². The van der Waals surface area contributed by atoms with E-state index in [-0.39, 0.29) is 5.91 Å². The summed E-state index contributed by atoms with van der Waals surface area (Å²) in [6, 6.07) is 14.9. The first-order valence-electron chi connectivity index (χ1n) is 7.48. The molecule has 3 rings (SSSR count). The number of thiazole rings is 1. The molecule has 0 saturated heterocycles. The zero-order valence-corrected chi connectivity index (χ0v) is 15.0. The molecule has 4 nitrogen and oxygen atoms in total. The zero-order chi connectivity index (χ0) is 17.6. The molecule has 0 aliphatic heterocycles. The van der Waals surface area contributed by atoms with E-state index < -0.39 is 0 Å². The summed E-state index contributed by atoms with van der Waals surface area (Å²) in [6.07, 6.45) is 3.17. The molecule has 0 saturated carbocycles. The summed E-state index contributed by atoms with van der Waals surface area (Å²) in [4.78, 5) is 16.5. The summed E-state index contributed by atoms with van der Waals surface area (Å²) in [5, 5.41) is 5.84. The summed E-state index contributed by atoms with van der Waals surface area (Å²) in [7, 11) is 1.63. The molecule has 0 unspecified atom stereocenters. The van der Waals surface area contributed by atoms with Gasteiger partial charge in [0.05, 0.1) is 12.8 Å². The van der Waals surface area contributed by atoms with E-state index in [9.17, 15) is 4.79 Å². The van der Waals surface area contributed by atoms with Gasteiger partial charge in [0.1, 0.15) is 5.75 Å². The second kappa shape index (κ2) is 7.96. The number of benzene rings is 2. The third-order valence-corrected chi connectivity index (χ3v) is 4.39. The molecule has 126 valence electrons. The van der Waals surface area contributed by atoms with Gasteiger partial charge in [0.25, 0.3) is 0 Å². The molecular formula is C19H15ClN2O2S. The normalized spacial score (nSPS) is 10.8. The summed E-state index contributed by atoms with van der Waals surface area (Å²) in [5.74, 6) is 0.550. The smallest absolute Gasteiger partial charge is 0.250 e. The number of hydrogen-bond donors (Lipinski definition) is 1. The Labute approximate surface area is 154 Å². The van der Waals surface area contributed by atoms with Crippen LogP contribution in [0.25, 0.3) is 17.3 Å². The highest BCUT2D eigenvalue weighted by atomic mass is 35.5. The molecule has 0 aliphatic carbocycles. The number of nitrogens with zero attached hydrogens (tertiary/aromatic N) is 1. The SMILES string of the molecule is COc1ccc(-c2csc(NC(=O)C=Cc3cccc(Cl)c3)n2)cc1. The Bertz CT molecular complexity index is 904. The van der Waals surface area contributed by atoms with Crippen LogP contribution in [0, 0.1) is 0 Å². The summed E-state index contributed by atoms with van der Waals surface area (Å²) in [5.41, 5.74) is 2.63. The van der Waals surface area contributed by atoms with Gasteiger partial charge in [-0.05, 0) is 48.0 Å². The number of carbonyl (C=O) groups is 1. The van der Waals surface area contributed by atoms with Crippen molar-refractivity contribution < 1.29 is 9.53 Å². The highest BCUT2D eigenvalue weighted by Gasteiger charge is 2.06. The van der Waals surface area contributed by atoms with Crippen LogP contribution >= 0.6 is 22.9 Å². The lowest BCUT2D eigenvalue weighted by atomic mass is 10.2. The predicted octanol–water partition coefficient (Wildman–Crippen LogP) is 5.12. The molecule has 0 atom stereocenters. The highest BCUT2D eigenvalue weighted by molar-refractivity contribution is 7.14. The molecule has 0 spiro atoms. The number of aromatic nitrogens is 1. The van der Waals surface area contributed by atoms with E-state index in [1.807, 2.05) is 41.8 Å². The van der Waals surface area contributed by atoms with Crippen molar-refractivity contribution in [1.82, 2.24) is 4.98 Å². The zero-order valence-electron chi connectivity index (χ0n) is 13.4. The Morgan fingerprint density at radius 3 is 2.76 bits per heavy atom. The maximum Gasteiger partial charge on any atom is 0.250 e. The molecule has 25 heavy (non-hydrogen) atoms. The first kappa shape index (κ1) is 17.2. The van der Waals surface area contributed by atoms with Crippen LogP contribution in [0.4, 0.5) is 5.13 Å². The van der Waals surface area contributed by atoms with Gasteiger partial charge < -0.3 is 4.74 Å². The van der Waals surface area contributed by atoms with Crippen LogP contribution in [0.2, 0.25) is 5.02 Å². The first-order valence-corrected chi connectivity index (χ1v) is 8.74. The number of rotatable bonds is 5. The van der Waals surface area contributed by atoms with E-state index in [0.29, 0.717) is 10.2 Å². The molecule has 0 bridgehead atoms. The lowest BCUT2D eigenvalue weighted by Gasteiger charge is -2.00. The summed E-state index contributed by atoms with van der Waals surface area (Å²) < 4.78 is 5.14. The van der Waals surface area contributed by atoms with Crippen molar-refractivity contribution in [2.24, 2.45) is 0 Å². The Hall–Kier alpha value is -2.63. The monoisotopic (exact) mass is 370 g/mol. The third-order valence-electron chi connectivity index (χ3n) is 3.40. The van der Waals surface area contributed by atoms with E-state index >= 15 is 0 Å². The Balaban J connectivity index is 1.65. The maximum atomic E-state index is 12.0. The van der Waals surface area contributed by atoms with Crippen molar-refractivity contribution in [3.05, 3.63) is 70.6 Å². The molecule has 0 aliphatic rings. The fourth-order valence-electron chi connectivity index (χ4n) is 2.15. The van der Waals surface area contributed by atoms with Crippen LogP contribution in [-0.2, 0) is 4.79 Å². The third kappa shape index (κ3) is 4.68. The Morgan fingerprint density at radius 1 is 1.24 bits per heavy atom. The van der Waals surface area contributed by atoms with E-state index in [2.05, 4.69) is 10.3 Å². The average molecular weight is 371 g/mol. The van der Waals surface area contributed by atoms with Crippen LogP contribution in [0.3, 0.4) is 0 Å². The minimum Gasteiger partial charge on any atom is -0.497 e. The number of nitrogens with one attached hydrogen (secondary N) is 1.